The molecule has 3 rings (SSSR count). The summed E-state index contributed by atoms with van der Waals surface area (Å²) in [6.07, 6.45) is 1.54. The Bertz CT molecular complexity index is 910. The number of hydrogen-bond donors (Lipinski definition) is 2. The van der Waals surface area contributed by atoms with Crippen LogP contribution in [0.2, 0.25) is 5.02 Å². The summed E-state index contributed by atoms with van der Waals surface area (Å²) in [5.74, 6) is 0.0408. The van der Waals surface area contributed by atoms with E-state index in [9.17, 15) is 4.79 Å². The fraction of sp³-hybridized carbons (Fsp3) is 0.105. The SMILES string of the molecule is Cc1ccc(Nc2nccc(C(=O)Nc3cccc(Cl)c3C)n2)cc1. The van der Waals surface area contributed by atoms with E-state index in [2.05, 4.69) is 20.6 Å². The van der Waals surface area contributed by atoms with Crippen LogP contribution in [0.25, 0.3) is 0 Å². The molecule has 25 heavy (non-hydrogen) atoms. The van der Waals surface area contributed by atoms with Gasteiger partial charge in [0.1, 0.15) is 5.69 Å². The van der Waals surface area contributed by atoms with Crippen molar-refractivity contribution in [2.24, 2.45) is 0 Å². The van der Waals surface area contributed by atoms with Crippen LogP contribution in [0.5, 0.6) is 0 Å². The number of anilines is 3. The van der Waals surface area contributed by atoms with E-state index in [1.165, 1.54) is 0 Å². The minimum absolute atomic E-state index is 0.268. The average molecular weight is 353 g/mol. The lowest BCUT2D eigenvalue weighted by atomic mass is 10.2. The summed E-state index contributed by atoms with van der Waals surface area (Å²) >= 11 is 6.08. The van der Waals surface area contributed by atoms with Crippen molar-refractivity contribution in [3.8, 4) is 0 Å². The zero-order chi connectivity index (χ0) is 17.8. The van der Waals surface area contributed by atoms with Crippen molar-refractivity contribution in [1.29, 1.82) is 0 Å². The topological polar surface area (TPSA) is 66.9 Å². The molecule has 0 aliphatic heterocycles. The van der Waals surface area contributed by atoms with Gasteiger partial charge < -0.3 is 10.6 Å². The Labute approximate surface area is 151 Å². The number of nitrogens with one attached hydrogen (secondary N) is 2. The summed E-state index contributed by atoms with van der Waals surface area (Å²) in [6.45, 7) is 3.87. The van der Waals surface area contributed by atoms with Gasteiger partial charge in [-0.05, 0) is 49.7 Å². The lowest BCUT2D eigenvalue weighted by molar-refractivity contribution is 0.102. The predicted molar refractivity (Wildman–Crippen MR) is 101 cm³/mol. The molecule has 1 heterocycles. The molecule has 0 saturated carbocycles. The summed E-state index contributed by atoms with van der Waals surface area (Å²) in [6, 6.07) is 14.8. The molecule has 1 amide bonds. The van der Waals surface area contributed by atoms with Gasteiger partial charge in [0.2, 0.25) is 5.95 Å². The van der Waals surface area contributed by atoms with Crippen molar-refractivity contribution in [3.63, 3.8) is 0 Å². The third-order valence-electron chi connectivity index (χ3n) is 3.71. The third-order valence-corrected chi connectivity index (χ3v) is 4.12. The second-order valence-corrected chi connectivity index (χ2v) is 6.03. The van der Waals surface area contributed by atoms with Crippen molar-refractivity contribution >= 4 is 34.8 Å². The summed E-state index contributed by atoms with van der Waals surface area (Å²) < 4.78 is 0. The minimum atomic E-state index is -0.320. The monoisotopic (exact) mass is 352 g/mol. The molecule has 2 N–H and O–H groups in total. The molecule has 5 nitrogen and oxygen atoms in total. The van der Waals surface area contributed by atoms with E-state index in [0.29, 0.717) is 16.7 Å². The van der Waals surface area contributed by atoms with E-state index in [4.69, 9.17) is 11.6 Å². The van der Waals surface area contributed by atoms with Crippen molar-refractivity contribution in [1.82, 2.24) is 9.97 Å². The van der Waals surface area contributed by atoms with E-state index < -0.39 is 0 Å². The summed E-state index contributed by atoms with van der Waals surface area (Å²) in [5.41, 5.74) is 3.75. The van der Waals surface area contributed by atoms with Gasteiger partial charge in [-0.3, -0.25) is 4.79 Å². The smallest absolute Gasteiger partial charge is 0.274 e. The first-order chi connectivity index (χ1) is 12.0. The highest BCUT2D eigenvalue weighted by molar-refractivity contribution is 6.31. The number of aryl methyl sites for hydroxylation is 1. The maximum atomic E-state index is 12.5. The van der Waals surface area contributed by atoms with Gasteiger partial charge in [0, 0.05) is 22.6 Å². The number of aromatic nitrogens is 2. The van der Waals surface area contributed by atoms with Crippen molar-refractivity contribution in [2.45, 2.75) is 13.8 Å². The molecule has 0 aliphatic carbocycles. The van der Waals surface area contributed by atoms with E-state index in [1.807, 2.05) is 38.1 Å². The molecule has 0 unspecified atom stereocenters. The van der Waals surface area contributed by atoms with Gasteiger partial charge in [-0.1, -0.05) is 35.4 Å². The third kappa shape index (κ3) is 4.14. The molecule has 126 valence electrons. The molecule has 0 bridgehead atoms. The Balaban J connectivity index is 1.77. The highest BCUT2D eigenvalue weighted by atomic mass is 35.5. The Morgan fingerprint density at radius 3 is 2.56 bits per heavy atom. The van der Waals surface area contributed by atoms with Gasteiger partial charge in [-0.2, -0.15) is 0 Å². The van der Waals surface area contributed by atoms with Crippen LogP contribution >= 0.6 is 11.6 Å². The van der Waals surface area contributed by atoms with E-state index in [0.717, 1.165) is 16.8 Å². The minimum Gasteiger partial charge on any atom is -0.324 e. The predicted octanol–water partition coefficient (Wildman–Crippen LogP) is 4.74. The molecule has 0 atom stereocenters. The first kappa shape index (κ1) is 16.9. The Morgan fingerprint density at radius 1 is 1.04 bits per heavy atom. The molecular weight excluding hydrogens is 336 g/mol. The van der Waals surface area contributed by atoms with E-state index >= 15 is 0 Å². The average Bonchev–Trinajstić information content (AvgIpc) is 2.61. The van der Waals surface area contributed by atoms with Crippen LogP contribution < -0.4 is 10.6 Å². The maximum absolute atomic E-state index is 12.5. The molecule has 0 spiro atoms. The fourth-order valence-corrected chi connectivity index (χ4v) is 2.42. The molecule has 0 aliphatic rings. The van der Waals surface area contributed by atoms with Gasteiger partial charge >= 0.3 is 0 Å². The number of amides is 1. The molecule has 3 aromatic rings. The summed E-state index contributed by atoms with van der Waals surface area (Å²) in [5, 5.41) is 6.51. The Kier molecular flexibility index (Phi) is 4.95. The largest absolute Gasteiger partial charge is 0.324 e. The van der Waals surface area contributed by atoms with Gasteiger partial charge in [-0.25, -0.2) is 9.97 Å². The van der Waals surface area contributed by atoms with Crippen LogP contribution in [0.3, 0.4) is 0 Å². The summed E-state index contributed by atoms with van der Waals surface area (Å²) in [4.78, 5) is 20.9. The lowest BCUT2D eigenvalue weighted by Gasteiger charge is -2.10. The van der Waals surface area contributed by atoms with E-state index in [1.54, 1.807) is 30.5 Å². The molecule has 0 saturated heterocycles. The van der Waals surface area contributed by atoms with Crippen molar-refractivity contribution in [3.05, 3.63) is 76.6 Å². The quantitative estimate of drug-likeness (QED) is 0.711. The first-order valence-corrected chi connectivity index (χ1v) is 8.14. The number of nitrogens with zero attached hydrogens (tertiary/aromatic N) is 2. The van der Waals surface area contributed by atoms with Gasteiger partial charge in [0.25, 0.3) is 5.91 Å². The zero-order valence-electron chi connectivity index (χ0n) is 13.9. The Hall–Kier alpha value is -2.92. The van der Waals surface area contributed by atoms with Crippen molar-refractivity contribution < 1.29 is 4.79 Å². The number of rotatable bonds is 4. The van der Waals surface area contributed by atoms with Gasteiger partial charge in [0.15, 0.2) is 0 Å². The van der Waals surface area contributed by atoms with E-state index in [-0.39, 0.29) is 11.6 Å². The highest BCUT2D eigenvalue weighted by Crippen LogP contribution is 2.23. The molecule has 2 aromatic carbocycles. The lowest BCUT2D eigenvalue weighted by Crippen LogP contribution is -2.15. The normalized spacial score (nSPS) is 10.4. The first-order valence-electron chi connectivity index (χ1n) is 7.76. The maximum Gasteiger partial charge on any atom is 0.274 e. The van der Waals surface area contributed by atoms with Crippen LogP contribution in [-0.4, -0.2) is 15.9 Å². The fourth-order valence-electron chi connectivity index (χ4n) is 2.24. The molecule has 1 aromatic heterocycles. The molecule has 0 radical (unpaired) electrons. The number of hydrogen-bond acceptors (Lipinski definition) is 4. The number of halogens is 1. The van der Waals surface area contributed by atoms with Crippen LogP contribution in [0, 0.1) is 13.8 Å². The number of carbonyl (C=O) groups excluding carboxylic acids is 1. The van der Waals surface area contributed by atoms with Crippen molar-refractivity contribution in [2.75, 3.05) is 10.6 Å². The number of carbonyl (C=O) groups is 1. The molecule has 0 fully saturated rings. The second-order valence-electron chi connectivity index (χ2n) is 5.62. The standard InChI is InChI=1S/C19H17ClN4O/c1-12-6-8-14(9-7-12)22-19-21-11-10-17(24-19)18(25)23-16-5-3-4-15(20)13(16)2/h3-11H,1-2H3,(H,23,25)(H,21,22,24). The Morgan fingerprint density at radius 2 is 1.80 bits per heavy atom. The van der Waals surface area contributed by atoms with Gasteiger partial charge in [-0.15, -0.1) is 0 Å². The summed E-state index contributed by atoms with van der Waals surface area (Å²) in [7, 11) is 0. The molecule has 6 heteroatoms. The van der Waals surface area contributed by atoms with Crippen LogP contribution in [-0.2, 0) is 0 Å². The highest BCUT2D eigenvalue weighted by Gasteiger charge is 2.11. The van der Waals surface area contributed by atoms with Gasteiger partial charge in [0.05, 0.1) is 0 Å². The second kappa shape index (κ2) is 7.32. The number of benzene rings is 2. The van der Waals surface area contributed by atoms with Crippen LogP contribution in [0.15, 0.2) is 54.7 Å². The van der Waals surface area contributed by atoms with Crippen LogP contribution in [0.1, 0.15) is 21.6 Å². The zero-order valence-corrected chi connectivity index (χ0v) is 14.6. The van der Waals surface area contributed by atoms with Crippen LogP contribution in [0.4, 0.5) is 17.3 Å². The molecular formula is C19H17ClN4O.